The van der Waals surface area contributed by atoms with Gasteiger partial charge in [-0.2, -0.15) is 0 Å². The SMILES string of the molecule is CN(CCNCNC(N)=O)C(=O)OC(C)(C)C. The predicted molar refractivity (Wildman–Crippen MR) is 64.5 cm³/mol. The molecule has 0 atom stereocenters. The number of hydrogen-bond donors (Lipinski definition) is 3. The van der Waals surface area contributed by atoms with Gasteiger partial charge in [-0.15, -0.1) is 0 Å². The summed E-state index contributed by atoms with van der Waals surface area (Å²) in [6, 6.07) is -0.585. The lowest BCUT2D eigenvalue weighted by atomic mass is 10.2. The van der Waals surface area contributed by atoms with Gasteiger partial charge in [0.15, 0.2) is 0 Å². The standard InChI is InChI=1S/C10H22N4O3/c1-10(2,3)17-9(16)14(4)6-5-12-7-13-8(11)15/h12H,5-7H2,1-4H3,(H3,11,13,15). The van der Waals surface area contributed by atoms with Gasteiger partial charge in [0.25, 0.3) is 0 Å². The Balaban J connectivity index is 3.68. The minimum absolute atomic E-state index is 0.275. The molecule has 0 unspecified atom stereocenters. The van der Waals surface area contributed by atoms with Crippen molar-refractivity contribution in [1.29, 1.82) is 0 Å². The van der Waals surface area contributed by atoms with Crippen molar-refractivity contribution in [3.05, 3.63) is 0 Å². The molecule has 17 heavy (non-hydrogen) atoms. The second-order valence-corrected chi connectivity index (χ2v) is 4.62. The normalized spacial score (nSPS) is 10.8. The number of carbonyl (C=O) groups excluding carboxylic acids is 2. The number of nitrogens with one attached hydrogen (secondary N) is 2. The summed E-state index contributed by atoms with van der Waals surface area (Å²) in [4.78, 5) is 23.3. The van der Waals surface area contributed by atoms with Gasteiger partial charge in [-0.3, -0.25) is 5.32 Å². The van der Waals surface area contributed by atoms with Gasteiger partial charge >= 0.3 is 12.1 Å². The Morgan fingerprint density at radius 2 is 1.94 bits per heavy atom. The molecule has 0 fully saturated rings. The van der Waals surface area contributed by atoms with E-state index in [4.69, 9.17) is 10.5 Å². The summed E-state index contributed by atoms with van der Waals surface area (Å²) < 4.78 is 5.16. The third-order valence-corrected chi connectivity index (χ3v) is 1.72. The minimum Gasteiger partial charge on any atom is -0.444 e. The summed E-state index contributed by atoms with van der Waals surface area (Å²) in [5.74, 6) is 0. The Labute approximate surface area is 102 Å². The van der Waals surface area contributed by atoms with Crippen molar-refractivity contribution in [2.24, 2.45) is 5.73 Å². The van der Waals surface area contributed by atoms with Crippen LogP contribution in [0.5, 0.6) is 0 Å². The van der Waals surface area contributed by atoms with Crippen LogP contribution in [0.1, 0.15) is 20.8 Å². The van der Waals surface area contributed by atoms with Crippen molar-refractivity contribution in [2.45, 2.75) is 26.4 Å². The molecular weight excluding hydrogens is 224 g/mol. The smallest absolute Gasteiger partial charge is 0.410 e. The summed E-state index contributed by atoms with van der Waals surface area (Å²) >= 11 is 0. The highest BCUT2D eigenvalue weighted by Crippen LogP contribution is 2.08. The van der Waals surface area contributed by atoms with E-state index >= 15 is 0 Å². The van der Waals surface area contributed by atoms with Gasteiger partial charge in [-0.25, -0.2) is 9.59 Å². The zero-order valence-corrected chi connectivity index (χ0v) is 10.9. The van der Waals surface area contributed by atoms with Crippen LogP contribution in [0.3, 0.4) is 0 Å². The number of hydrogen-bond acceptors (Lipinski definition) is 4. The molecule has 4 N–H and O–H groups in total. The van der Waals surface area contributed by atoms with Gasteiger partial charge in [0.1, 0.15) is 5.60 Å². The Kier molecular flexibility index (Phi) is 6.34. The zero-order valence-electron chi connectivity index (χ0n) is 10.9. The molecule has 0 saturated carbocycles. The third kappa shape index (κ3) is 9.43. The molecule has 0 bridgehead atoms. The third-order valence-electron chi connectivity index (χ3n) is 1.72. The molecule has 0 aromatic rings. The molecule has 0 aliphatic carbocycles. The van der Waals surface area contributed by atoms with E-state index in [-0.39, 0.29) is 12.8 Å². The summed E-state index contributed by atoms with van der Waals surface area (Å²) in [6.45, 7) is 6.73. The van der Waals surface area contributed by atoms with E-state index < -0.39 is 11.6 Å². The van der Waals surface area contributed by atoms with Crippen LogP contribution in [0.15, 0.2) is 0 Å². The van der Waals surface area contributed by atoms with Crippen LogP contribution in [-0.2, 0) is 4.74 Å². The molecule has 0 saturated heterocycles. The number of urea groups is 1. The molecule has 0 aromatic carbocycles. The van der Waals surface area contributed by atoms with E-state index in [1.165, 1.54) is 4.90 Å². The van der Waals surface area contributed by atoms with Crippen LogP contribution >= 0.6 is 0 Å². The highest BCUT2D eigenvalue weighted by atomic mass is 16.6. The second kappa shape index (κ2) is 6.95. The molecule has 0 aliphatic rings. The quantitative estimate of drug-likeness (QED) is 0.472. The molecule has 0 heterocycles. The highest BCUT2D eigenvalue weighted by Gasteiger charge is 2.18. The Morgan fingerprint density at radius 3 is 2.41 bits per heavy atom. The van der Waals surface area contributed by atoms with Crippen molar-refractivity contribution in [3.8, 4) is 0 Å². The summed E-state index contributed by atoms with van der Waals surface area (Å²) in [7, 11) is 1.65. The van der Waals surface area contributed by atoms with Gasteiger partial charge < -0.3 is 20.7 Å². The van der Waals surface area contributed by atoms with Gasteiger partial charge in [-0.1, -0.05) is 0 Å². The lowest BCUT2D eigenvalue weighted by molar-refractivity contribution is 0.0300. The average Bonchev–Trinajstić information content (AvgIpc) is 2.13. The van der Waals surface area contributed by atoms with Crippen LogP contribution in [0.2, 0.25) is 0 Å². The molecule has 7 heteroatoms. The van der Waals surface area contributed by atoms with Crippen molar-refractivity contribution in [2.75, 3.05) is 26.8 Å². The summed E-state index contributed by atoms with van der Waals surface area (Å²) in [5.41, 5.74) is 4.38. The lowest BCUT2D eigenvalue weighted by Gasteiger charge is -2.24. The minimum atomic E-state index is -0.585. The molecule has 0 spiro atoms. The number of amides is 3. The van der Waals surface area contributed by atoms with Gasteiger partial charge in [0, 0.05) is 20.1 Å². The van der Waals surface area contributed by atoms with Crippen molar-refractivity contribution < 1.29 is 14.3 Å². The van der Waals surface area contributed by atoms with E-state index in [1.807, 2.05) is 20.8 Å². The van der Waals surface area contributed by atoms with Crippen molar-refractivity contribution in [1.82, 2.24) is 15.5 Å². The fourth-order valence-electron chi connectivity index (χ4n) is 0.916. The number of primary amides is 1. The average molecular weight is 246 g/mol. The van der Waals surface area contributed by atoms with Crippen LogP contribution in [-0.4, -0.2) is 49.4 Å². The van der Waals surface area contributed by atoms with Crippen molar-refractivity contribution >= 4 is 12.1 Å². The van der Waals surface area contributed by atoms with E-state index in [9.17, 15) is 9.59 Å². The van der Waals surface area contributed by atoms with Crippen LogP contribution in [0.25, 0.3) is 0 Å². The van der Waals surface area contributed by atoms with Gasteiger partial charge in [0.05, 0.1) is 6.67 Å². The first-order valence-electron chi connectivity index (χ1n) is 5.40. The molecule has 0 radical (unpaired) electrons. The summed E-state index contributed by atoms with van der Waals surface area (Å²) in [5, 5.41) is 5.28. The first kappa shape index (κ1) is 15.5. The maximum absolute atomic E-state index is 11.5. The van der Waals surface area contributed by atoms with E-state index in [0.717, 1.165) is 0 Å². The fraction of sp³-hybridized carbons (Fsp3) is 0.800. The number of nitrogens with zero attached hydrogens (tertiary/aromatic N) is 1. The van der Waals surface area contributed by atoms with Crippen LogP contribution in [0.4, 0.5) is 9.59 Å². The largest absolute Gasteiger partial charge is 0.444 e. The van der Waals surface area contributed by atoms with E-state index in [1.54, 1.807) is 7.05 Å². The number of carbonyl (C=O) groups is 2. The Morgan fingerprint density at radius 1 is 1.35 bits per heavy atom. The van der Waals surface area contributed by atoms with Crippen LogP contribution in [0, 0.1) is 0 Å². The van der Waals surface area contributed by atoms with Gasteiger partial charge in [-0.05, 0) is 20.8 Å². The van der Waals surface area contributed by atoms with Crippen molar-refractivity contribution in [3.63, 3.8) is 0 Å². The monoisotopic (exact) mass is 246 g/mol. The first-order chi connectivity index (χ1) is 7.72. The first-order valence-corrected chi connectivity index (χ1v) is 5.40. The second-order valence-electron chi connectivity index (χ2n) is 4.62. The summed E-state index contributed by atoms with van der Waals surface area (Å²) in [6.07, 6.45) is -0.373. The highest BCUT2D eigenvalue weighted by molar-refractivity contribution is 5.71. The van der Waals surface area contributed by atoms with E-state index in [0.29, 0.717) is 13.1 Å². The lowest BCUT2D eigenvalue weighted by Crippen LogP contribution is -2.42. The number of likely N-dealkylation sites (N-methyl/N-ethyl adjacent to an activating group) is 1. The maximum atomic E-state index is 11.5. The Hall–Kier alpha value is -1.50. The molecule has 3 amide bonds. The van der Waals surface area contributed by atoms with Gasteiger partial charge in [0.2, 0.25) is 0 Å². The zero-order chi connectivity index (χ0) is 13.5. The molecule has 0 rings (SSSR count). The molecule has 0 aromatic heterocycles. The maximum Gasteiger partial charge on any atom is 0.410 e. The fourth-order valence-corrected chi connectivity index (χ4v) is 0.916. The number of rotatable bonds is 5. The number of ether oxygens (including phenoxy) is 1. The predicted octanol–water partition coefficient (Wildman–Crippen LogP) is 0.0687. The molecular formula is C10H22N4O3. The van der Waals surface area contributed by atoms with Crippen LogP contribution < -0.4 is 16.4 Å². The Bertz CT molecular complexity index is 263. The topological polar surface area (TPSA) is 96.7 Å². The molecule has 0 aliphatic heterocycles. The number of nitrogens with two attached hydrogens (primary N) is 1. The van der Waals surface area contributed by atoms with E-state index in [2.05, 4.69) is 10.6 Å². The molecule has 7 nitrogen and oxygen atoms in total. The molecule has 100 valence electrons.